The minimum Gasteiger partial charge on any atom is -0.495 e. The van der Waals surface area contributed by atoms with Crippen molar-refractivity contribution in [1.82, 2.24) is 0 Å². The van der Waals surface area contributed by atoms with E-state index in [9.17, 15) is 17.6 Å². The van der Waals surface area contributed by atoms with Crippen LogP contribution in [0.25, 0.3) is 0 Å². The summed E-state index contributed by atoms with van der Waals surface area (Å²) in [5.74, 6) is -0.421. The largest absolute Gasteiger partial charge is 0.495 e. The second-order valence-corrected chi connectivity index (χ2v) is 7.22. The molecule has 2 aromatic carbocycles. The van der Waals surface area contributed by atoms with Crippen molar-refractivity contribution < 1.29 is 22.3 Å². The fraction of sp³-hybridized carbons (Fsp3) is 0.235. The predicted octanol–water partition coefficient (Wildman–Crippen LogP) is 2.76. The summed E-state index contributed by atoms with van der Waals surface area (Å²) < 4.78 is 46.2. The molecule has 1 fully saturated rings. The number of hydrogen-bond acceptors (Lipinski definition) is 4. The zero-order valence-electron chi connectivity index (χ0n) is 13.5. The van der Waals surface area contributed by atoms with Crippen LogP contribution in [0.4, 0.5) is 15.8 Å². The molecule has 25 heavy (non-hydrogen) atoms. The summed E-state index contributed by atoms with van der Waals surface area (Å²) in [6.07, 6.45) is 1.17. The maximum atomic E-state index is 13.8. The molecule has 0 radical (unpaired) electrons. The summed E-state index contributed by atoms with van der Waals surface area (Å²) in [7, 11) is -2.61. The lowest BCUT2D eigenvalue weighted by molar-refractivity contribution is -0.117. The molecule has 0 unspecified atom stereocenters. The standard InChI is InChI=1S/C17H17FN2O4S/c1-24-15-9-8-12(11-14(15)20-10-4-7-17(20)21)19-25(22,23)16-6-3-2-5-13(16)18/h2-3,5-6,8-9,11,19H,4,7,10H2,1H3. The van der Waals surface area contributed by atoms with Crippen LogP contribution in [0.1, 0.15) is 12.8 Å². The smallest absolute Gasteiger partial charge is 0.264 e. The highest BCUT2D eigenvalue weighted by Gasteiger charge is 2.26. The number of halogens is 1. The van der Waals surface area contributed by atoms with Crippen LogP contribution >= 0.6 is 0 Å². The Morgan fingerprint density at radius 1 is 1.20 bits per heavy atom. The van der Waals surface area contributed by atoms with Crippen molar-refractivity contribution in [3.63, 3.8) is 0 Å². The average molecular weight is 364 g/mol. The quantitative estimate of drug-likeness (QED) is 0.885. The molecular formula is C17H17FN2O4S. The fourth-order valence-electron chi connectivity index (χ4n) is 2.74. The van der Waals surface area contributed by atoms with E-state index in [-0.39, 0.29) is 11.6 Å². The van der Waals surface area contributed by atoms with Crippen LogP contribution in [0.3, 0.4) is 0 Å². The second-order valence-electron chi connectivity index (χ2n) is 5.57. The van der Waals surface area contributed by atoms with Gasteiger partial charge in [-0.05, 0) is 36.8 Å². The fourth-order valence-corrected chi connectivity index (χ4v) is 3.87. The summed E-state index contributed by atoms with van der Waals surface area (Å²) in [6.45, 7) is 0.540. The van der Waals surface area contributed by atoms with E-state index in [1.54, 1.807) is 11.0 Å². The minimum atomic E-state index is -4.09. The third-order valence-electron chi connectivity index (χ3n) is 3.92. The van der Waals surface area contributed by atoms with E-state index in [2.05, 4.69) is 4.72 Å². The van der Waals surface area contributed by atoms with Gasteiger partial charge in [0.2, 0.25) is 5.91 Å². The zero-order valence-corrected chi connectivity index (χ0v) is 14.3. The van der Waals surface area contributed by atoms with Gasteiger partial charge in [-0.15, -0.1) is 0 Å². The molecule has 1 aliphatic heterocycles. The Morgan fingerprint density at radius 3 is 2.60 bits per heavy atom. The summed E-state index contributed by atoms with van der Waals surface area (Å²) >= 11 is 0. The molecule has 0 aromatic heterocycles. The first kappa shape index (κ1) is 17.2. The van der Waals surface area contributed by atoms with E-state index in [0.717, 1.165) is 12.5 Å². The highest BCUT2D eigenvalue weighted by atomic mass is 32.2. The maximum absolute atomic E-state index is 13.8. The summed E-state index contributed by atoms with van der Waals surface area (Å²) in [6, 6.07) is 9.71. The second kappa shape index (κ2) is 6.72. The normalized spacial score (nSPS) is 14.6. The van der Waals surface area contributed by atoms with Crippen molar-refractivity contribution >= 4 is 27.3 Å². The number of amides is 1. The first-order valence-corrected chi connectivity index (χ1v) is 9.16. The van der Waals surface area contributed by atoms with Crippen LogP contribution in [0.5, 0.6) is 5.75 Å². The number of nitrogens with one attached hydrogen (secondary N) is 1. The molecule has 1 N–H and O–H groups in total. The number of nitrogens with zero attached hydrogens (tertiary/aromatic N) is 1. The predicted molar refractivity (Wildman–Crippen MR) is 91.8 cm³/mol. The molecule has 1 aliphatic rings. The molecule has 1 amide bonds. The molecule has 3 rings (SSSR count). The Labute approximate surface area is 145 Å². The third-order valence-corrected chi connectivity index (χ3v) is 5.34. The van der Waals surface area contributed by atoms with Crippen molar-refractivity contribution in [2.45, 2.75) is 17.7 Å². The molecule has 0 atom stereocenters. The molecule has 0 aliphatic carbocycles. The van der Waals surface area contributed by atoms with Crippen LogP contribution in [0.2, 0.25) is 0 Å². The third kappa shape index (κ3) is 3.43. The first-order chi connectivity index (χ1) is 11.9. The lowest BCUT2D eigenvalue weighted by atomic mass is 10.2. The maximum Gasteiger partial charge on any atom is 0.264 e. The average Bonchev–Trinajstić information content (AvgIpc) is 3.00. The Bertz CT molecular complexity index is 915. The van der Waals surface area contributed by atoms with Gasteiger partial charge in [-0.3, -0.25) is 9.52 Å². The van der Waals surface area contributed by atoms with Gasteiger partial charge in [0.1, 0.15) is 16.5 Å². The van der Waals surface area contributed by atoms with E-state index < -0.39 is 20.7 Å². The van der Waals surface area contributed by atoms with Crippen LogP contribution in [-0.4, -0.2) is 28.0 Å². The van der Waals surface area contributed by atoms with Crippen LogP contribution in [0.15, 0.2) is 47.4 Å². The highest BCUT2D eigenvalue weighted by molar-refractivity contribution is 7.92. The molecule has 8 heteroatoms. The van der Waals surface area contributed by atoms with Gasteiger partial charge in [0.25, 0.3) is 10.0 Å². The van der Waals surface area contributed by atoms with Gasteiger partial charge in [-0.25, -0.2) is 12.8 Å². The number of carbonyl (C=O) groups excluding carboxylic acids is 1. The number of sulfonamides is 1. The van der Waals surface area contributed by atoms with Gasteiger partial charge in [0, 0.05) is 13.0 Å². The molecule has 1 heterocycles. The van der Waals surface area contributed by atoms with Crippen molar-refractivity contribution in [1.29, 1.82) is 0 Å². The lowest BCUT2D eigenvalue weighted by Crippen LogP contribution is -2.24. The van der Waals surface area contributed by atoms with E-state index in [1.807, 2.05) is 0 Å². The molecule has 6 nitrogen and oxygen atoms in total. The van der Waals surface area contributed by atoms with Gasteiger partial charge in [0.05, 0.1) is 18.5 Å². The molecule has 1 saturated heterocycles. The summed E-state index contributed by atoms with van der Waals surface area (Å²) in [5.41, 5.74) is 0.706. The zero-order chi connectivity index (χ0) is 18.0. The molecular weight excluding hydrogens is 347 g/mol. The number of carbonyl (C=O) groups is 1. The van der Waals surface area contributed by atoms with Gasteiger partial charge in [0.15, 0.2) is 0 Å². The summed E-state index contributed by atoms with van der Waals surface area (Å²) in [5, 5.41) is 0. The number of ether oxygens (including phenoxy) is 1. The van der Waals surface area contributed by atoms with Gasteiger partial charge >= 0.3 is 0 Å². The highest BCUT2D eigenvalue weighted by Crippen LogP contribution is 2.34. The number of rotatable bonds is 5. The van der Waals surface area contributed by atoms with Crippen molar-refractivity contribution in [2.24, 2.45) is 0 Å². The molecule has 132 valence electrons. The van der Waals surface area contributed by atoms with E-state index >= 15 is 0 Å². The molecule has 0 spiro atoms. The van der Waals surface area contributed by atoms with Crippen molar-refractivity contribution in [2.75, 3.05) is 23.3 Å². The summed E-state index contributed by atoms with van der Waals surface area (Å²) in [4.78, 5) is 13.1. The topological polar surface area (TPSA) is 75.7 Å². The van der Waals surface area contributed by atoms with Crippen molar-refractivity contribution in [3.8, 4) is 5.75 Å². The van der Waals surface area contributed by atoms with E-state index in [4.69, 9.17) is 4.74 Å². The van der Waals surface area contributed by atoms with Crippen LogP contribution < -0.4 is 14.4 Å². The SMILES string of the molecule is COc1ccc(NS(=O)(=O)c2ccccc2F)cc1N1CCCC1=O. The van der Waals surface area contributed by atoms with E-state index in [0.29, 0.717) is 24.4 Å². The van der Waals surface area contributed by atoms with Crippen molar-refractivity contribution in [3.05, 3.63) is 48.3 Å². The Hall–Kier alpha value is -2.61. The number of hydrogen-bond donors (Lipinski definition) is 1. The number of anilines is 2. The Kier molecular flexibility index (Phi) is 4.63. The Morgan fingerprint density at radius 2 is 1.96 bits per heavy atom. The molecule has 0 bridgehead atoms. The van der Waals surface area contributed by atoms with Gasteiger partial charge < -0.3 is 9.64 Å². The number of benzene rings is 2. The van der Waals surface area contributed by atoms with Gasteiger partial charge in [-0.2, -0.15) is 0 Å². The van der Waals surface area contributed by atoms with Crippen LogP contribution in [-0.2, 0) is 14.8 Å². The Balaban J connectivity index is 1.96. The molecule has 2 aromatic rings. The molecule has 0 saturated carbocycles. The minimum absolute atomic E-state index is 0.0487. The first-order valence-electron chi connectivity index (χ1n) is 7.68. The van der Waals surface area contributed by atoms with Crippen LogP contribution in [0, 0.1) is 5.82 Å². The lowest BCUT2D eigenvalue weighted by Gasteiger charge is -2.20. The van der Waals surface area contributed by atoms with Gasteiger partial charge in [-0.1, -0.05) is 12.1 Å². The monoisotopic (exact) mass is 364 g/mol. The van der Waals surface area contributed by atoms with E-state index in [1.165, 1.54) is 37.4 Å². The number of methoxy groups -OCH3 is 1.